The summed E-state index contributed by atoms with van der Waals surface area (Å²) < 4.78 is 0. The van der Waals surface area contributed by atoms with Crippen LogP contribution in [0.1, 0.15) is 11.1 Å². The van der Waals surface area contributed by atoms with Crippen molar-refractivity contribution in [3.05, 3.63) is 58.0 Å². The van der Waals surface area contributed by atoms with Crippen molar-refractivity contribution in [3.63, 3.8) is 0 Å². The minimum absolute atomic E-state index is 0.156. The Bertz CT molecular complexity index is 962. The summed E-state index contributed by atoms with van der Waals surface area (Å²) in [4.78, 5) is 46.0. The fourth-order valence-electron chi connectivity index (χ4n) is 2.14. The normalized spacial score (nSPS) is 10.6. The van der Waals surface area contributed by atoms with Gasteiger partial charge in [0, 0.05) is 5.56 Å². The smallest absolute Gasteiger partial charge is 0.379 e. The van der Waals surface area contributed by atoms with Crippen LogP contribution in [0.15, 0.2) is 15.7 Å². The number of benzene rings is 1. The lowest BCUT2D eigenvalue weighted by atomic mass is 10.0. The molecule has 2 rings (SSSR count). The Balaban J connectivity index is 3.30. The quantitative estimate of drug-likeness (QED) is 0.619. The average molecular weight is 307 g/mol. The van der Waals surface area contributed by atoms with Crippen molar-refractivity contribution in [3.8, 4) is 5.75 Å². The van der Waals surface area contributed by atoms with Crippen molar-refractivity contribution in [1.82, 2.24) is 4.98 Å². The van der Waals surface area contributed by atoms with Gasteiger partial charge in [-0.05, 0) is 25.5 Å². The summed E-state index contributed by atoms with van der Waals surface area (Å²) >= 11 is 0. The molecule has 1 aromatic heterocycles. The molecule has 0 unspecified atom stereocenters. The molecule has 1 heterocycles. The Hall–Kier alpha value is -3.30. The van der Waals surface area contributed by atoms with Gasteiger partial charge in [0.2, 0.25) is 11.2 Å². The number of nitro groups is 2. The van der Waals surface area contributed by atoms with Crippen LogP contribution in [0, 0.1) is 34.1 Å². The highest BCUT2D eigenvalue weighted by Gasteiger charge is 2.28. The number of rotatable bonds is 2. The molecule has 22 heavy (non-hydrogen) atoms. The van der Waals surface area contributed by atoms with Crippen molar-refractivity contribution >= 4 is 22.3 Å². The average Bonchev–Trinajstić information content (AvgIpc) is 2.48. The zero-order valence-corrected chi connectivity index (χ0v) is 11.4. The van der Waals surface area contributed by atoms with Crippen LogP contribution in [0.4, 0.5) is 11.4 Å². The third-order valence-corrected chi connectivity index (χ3v) is 3.31. The molecule has 0 amide bonds. The first-order valence-electron chi connectivity index (χ1n) is 5.89. The lowest BCUT2D eigenvalue weighted by molar-refractivity contribution is -0.387. The molecule has 0 atom stereocenters. The number of aromatic amines is 1. The molecule has 0 aliphatic rings. The Labute approximate surface area is 120 Å². The van der Waals surface area contributed by atoms with Gasteiger partial charge in [-0.2, -0.15) is 0 Å². The first kappa shape index (κ1) is 15.1. The molecule has 114 valence electrons. The molecule has 1 aromatic carbocycles. The SMILES string of the molecule is Cc1cc2[nH]c(=O)c([N+](=O)[O-])c(O)c(=O)c2c([N+](=O)[O-])c1C. The zero-order chi connectivity index (χ0) is 16.8. The molecule has 0 fully saturated rings. The number of hydrogen-bond acceptors (Lipinski definition) is 7. The van der Waals surface area contributed by atoms with Crippen LogP contribution >= 0.6 is 0 Å². The first-order valence-corrected chi connectivity index (χ1v) is 5.89. The summed E-state index contributed by atoms with van der Waals surface area (Å²) in [6.07, 6.45) is 0. The third kappa shape index (κ3) is 2.06. The van der Waals surface area contributed by atoms with E-state index in [4.69, 9.17) is 0 Å². The van der Waals surface area contributed by atoms with Crippen LogP contribution in [-0.2, 0) is 0 Å². The fraction of sp³-hybridized carbons (Fsp3) is 0.167. The van der Waals surface area contributed by atoms with Crippen molar-refractivity contribution in [1.29, 1.82) is 0 Å². The van der Waals surface area contributed by atoms with E-state index in [0.717, 1.165) is 0 Å². The maximum atomic E-state index is 12.2. The summed E-state index contributed by atoms with van der Waals surface area (Å²) in [5, 5.41) is 31.1. The van der Waals surface area contributed by atoms with Crippen molar-refractivity contribution < 1.29 is 15.0 Å². The van der Waals surface area contributed by atoms with Crippen molar-refractivity contribution in [2.45, 2.75) is 13.8 Å². The molecular formula is C12H9N3O7. The number of H-pyrrole nitrogens is 1. The van der Waals surface area contributed by atoms with Gasteiger partial charge in [0.1, 0.15) is 5.39 Å². The number of hydrogen-bond donors (Lipinski definition) is 2. The van der Waals surface area contributed by atoms with Gasteiger partial charge >= 0.3 is 11.2 Å². The van der Waals surface area contributed by atoms with Gasteiger partial charge in [0.15, 0.2) is 0 Å². The van der Waals surface area contributed by atoms with Gasteiger partial charge in [-0.15, -0.1) is 0 Å². The molecule has 0 aliphatic carbocycles. The number of aromatic nitrogens is 1. The van der Waals surface area contributed by atoms with Crippen LogP contribution in [0.25, 0.3) is 10.9 Å². The largest absolute Gasteiger partial charge is 0.499 e. The van der Waals surface area contributed by atoms with Gasteiger partial charge < -0.3 is 10.1 Å². The van der Waals surface area contributed by atoms with Crippen LogP contribution in [0.5, 0.6) is 5.75 Å². The highest BCUT2D eigenvalue weighted by Crippen LogP contribution is 2.30. The van der Waals surface area contributed by atoms with Gasteiger partial charge in [0.25, 0.3) is 5.69 Å². The molecule has 0 radical (unpaired) electrons. The molecule has 2 N–H and O–H groups in total. The van der Waals surface area contributed by atoms with E-state index in [9.17, 15) is 34.9 Å². The molecule has 0 aliphatic heterocycles. The molecule has 0 bridgehead atoms. The number of nitrogens with one attached hydrogen (secondary N) is 1. The molecule has 10 heteroatoms. The van der Waals surface area contributed by atoms with Crippen LogP contribution in [0.2, 0.25) is 0 Å². The van der Waals surface area contributed by atoms with E-state index in [1.54, 1.807) is 0 Å². The molecule has 0 spiro atoms. The van der Waals surface area contributed by atoms with E-state index in [2.05, 4.69) is 4.98 Å². The van der Waals surface area contributed by atoms with E-state index >= 15 is 0 Å². The Morgan fingerprint density at radius 3 is 2.14 bits per heavy atom. The van der Waals surface area contributed by atoms with E-state index in [0.29, 0.717) is 5.56 Å². The zero-order valence-electron chi connectivity index (χ0n) is 11.4. The number of fused-ring (bicyclic) bond motifs is 1. The molecular weight excluding hydrogens is 298 g/mol. The van der Waals surface area contributed by atoms with E-state index in [-0.39, 0.29) is 11.1 Å². The van der Waals surface area contributed by atoms with Crippen molar-refractivity contribution in [2.24, 2.45) is 0 Å². The van der Waals surface area contributed by atoms with E-state index in [1.807, 2.05) is 0 Å². The summed E-state index contributed by atoms with van der Waals surface area (Å²) in [5.74, 6) is -1.44. The van der Waals surface area contributed by atoms with Crippen LogP contribution < -0.4 is 11.0 Å². The maximum Gasteiger partial charge on any atom is 0.379 e. The fourth-order valence-corrected chi connectivity index (χ4v) is 2.14. The van der Waals surface area contributed by atoms with Gasteiger partial charge in [0.05, 0.1) is 15.4 Å². The summed E-state index contributed by atoms with van der Waals surface area (Å²) in [7, 11) is 0. The summed E-state index contributed by atoms with van der Waals surface area (Å²) in [5.41, 5.74) is -4.34. The molecule has 0 saturated heterocycles. The van der Waals surface area contributed by atoms with Crippen LogP contribution in [0.3, 0.4) is 0 Å². The van der Waals surface area contributed by atoms with Crippen molar-refractivity contribution in [2.75, 3.05) is 0 Å². The van der Waals surface area contributed by atoms with E-state index in [1.165, 1.54) is 19.9 Å². The Kier molecular flexibility index (Phi) is 3.37. The monoisotopic (exact) mass is 307 g/mol. The summed E-state index contributed by atoms with van der Waals surface area (Å²) in [6.45, 7) is 2.91. The number of nitro benzene ring substituents is 1. The highest BCUT2D eigenvalue weighted by atomic mass is 16.6. The van der Waals surface area contributed by atoms with Gasteiger partial charge in [-0.3, -0.25) is 29.8 Å². The minimum atomic E-state index is -1.44. The highest BCUT2D eigenvalue weighted by molar-refractivity contribution is 5.91. The molecule has 2 aromatic rings. The Morgan fingerprint density at radius 2 is 1.64 bits per heavy atom. The molecule has 0 saturated carbocycles. The minimum Gasteiger partial charge on any atom is -0.499 e. The number of nitrogens with zero attached hydrogens (tertiary/aromatic N) is 2. The summed E-state index contributed by atoms with van der Waals surface area (Å²) in [6, 6.07) is 1.28. The number of aryl methyl sites for hydroxylation is 1. The topological polar surface area (TPSA) is 156 Å². The lowest BCUT2D eigenvalue weighted by Crippen LogP contribution is -2.09. The second-order valence-electron chi connectivity index (χ2n) is 4.58. The predicted molar refractivity (Wildman–Crippen MR) is 75.3 cm³/mol. The molecule has 10 nitrogen and oxygen atoms in total. The maximum absolute atomic E-state index is 12.2. The number of aromatic hydroxyl groups is 1. The van der Waals surface area contributed by atoms with Gasteiger partial charge in [-0.1, -0.05) is 0 Å². The third-order valence-electron chi connectivity index (χ3n) is 3.31. The predicted octanol–water partition coefficient (Wildman–Crippen LogP) is 1.03. The van der Waals surface area contributed by atoms with Gasteiger partial charge in [-0.25, -0.2) is 0 Å². The van der Waals surface area contributed by atoms with Crippen LogP contribution in [-0.4, -0.2) is 19.9 Å². The Morgan fingerprint density at radius 1 is 1.09 bits per heavy atom. The standard InChI is InChI=1S/C12H9N3O7/c1-4-3-6-7(8(5(4)2)14(19)20)10(16)11(17)9(15(21)22)12(18)13-6/h3H,1-2H3,(H,13,18)(H,16,17). The second-order valence-corrected chi connectivity index (χ2v) is 4.58. The van der Waals surface area contributed by atoms with E-state index < -0.39 is 43.3 Å². The first-order chi connectivity index (χ1) is 10.2. The second kappa shape index (κ2) is 4.91. The lowest BCUT2D eigenvalue weighted by Gasteiger charge is -2.03.